The molecule has 100 valence electrons. The number of benzene rings is 1. The molecule has 0 aliphatic rings. The Kier molecular flexibility index (Phi) is 4.05. The molecule has 1 aromatic carbocycles. The summed E-state index contributed by atoms with van der Waals surface area (Å²) in [5.74, 6) is 1.65. The lowest BCUT2D eigenvalue weighted by molar-refractivity contribution is -0.121. The Morgan fingerprint density at radius 1 is 1.21 bits per heavy atom. The second-order valence-corrected chi connectivity index (χ2v) is 4.84. The smallest absolute Gasteiger partial charge is 0.225 e. The van der Waals surface area contributed by atoms with E-state index in [0.29, 0.717) is 6.42 Å². The van der Waals surface area contributed by atoms with Crippen LogP contribution in [0.3, 0.4) is 0 Å². The number of rotatable bonds is 4. The van der Waals surface area contributed by atoms with E-state index in [1.807, 2.05) is 57.2 Å². The Morgan fingerprint density at radius 2 is 1.95 bits per heavy atom. The fraction of sp³-hybridized carbons (Fsp3) is 0.312. The van der Waals surface area contributed by atoms with E-state index in [9.17, 15) is 4.79 Å². The number of carbonyl (C=O) groups excluding carboxylic acids is 1. The van der Waals surface area contributed by atoms with Crippen molar-refractivity contribution in [1.82, 2.24) is 5.32 Å². The Labute approximate surface area is 113 Å². The van der Waals surface area contributed by atoms with Gasteiger partial charge in [0.05, 0.1) is 12.5 Å². The van der Waals surface area contributed by atoms with Crippen LogP contribution in [-0.4, -0.2) is 5.91 Å². The van der Waals surface area contributed by atoms with Gasteiger partial charge >= 0.3 is 0 Å². The van der Waals surface area contributed by atoms with Gasteiger partial charge in [-0.15, -0.1) is 0 Å². The van der Waals surface area contributed by atoms with Gasteiger partial charge in [0, 0.05) is 0 Å². The Morgan fingerprint density at radius 3 is 2.58 bits per heavy atom. The highest BCUT2D eigenvalue weighted by Gasteiger charge is 2.13. The molecule has 0 aliphatic heterocycles. The summed E-state index contributed by atoms with van der Waals surface area (Å²) in [6.45, 7) is 5.83. The molecule has 1 atom stereocenters. The number of carbonyl (C=O) groups is 1. The third-order valence-corrected chi connectivity index (χ3v) is 3.18. The van der Waals surface area contributed by atoms with Gasteiger partial charge in [-0.1, -0.05) is 24.3 Å². The summed E-state index contributed by atoms with van der Waals surface area (Å²) in [6.07, 6.45) is 0.400. The largest absolute Gasteiger partial charge is 0.464 e. The highest BCUT2D eigenvalue weighted by molar-refractivity contribution is 5.79. The summed E-state index contributed by atoms with van der Waals surface area (Å²) in [4.78, 5) is 12.0. The molecule has 1 aromatic heterocycles. The summed E-state index contributed by atoms with van der Waals surface area (Å²) >= 11 is 0. The molecule has 0 saturated carbocycles. The normalized spacial score (nSPS) is 12.2. The molecule has 0 saturated heterocycles. The minimum atomic E-state index is -0.106. The van der Waals surface area contributed by atoms with Gasteiger partial charge in [-0.25, -0.2) is 0 Å². The van der Waals surface area contributed by atoms with Gasteiger partial charge in [0.15, 0.2) is 0 Å². The predicted octanol–water partition coefficient (Wildman–Crippen LogP) is 3.32. The number of nitrogens with one attached hydrogen (secondary N) is 1. The van der Waals surface area contributed by atoms with Crippen molar-refractivity contribution in [2.45, 2.75) is 33.2 Å². The van der Waals surface area contributed by atoms with E-state index in [0.717, 1.165) is 22.6 Å². The average molecular weight is 257 g/mol. The van der Waals surface area contributed by atoms with Crippen LogP contribution >= 0.6 is 0 Å². The van der Waals surface area contributed by atoms with Crippen LogP contribution in [-0.2, 0) is 11.2 Å². The summed E-state index contributed by atoms with van der Waals surface area (Å²) in [6, 6.07) is 11.6. The fourth-order valence-electron chi connectivity index (χ4n) is 2.03. The van der Waals surface area contributed by atoms with E-state index >= 15 is 0 Å². The van der Waals surface area contributed by atoms with E-state index in [4.69, 9.17) is 4.42 Å². The molecule has 0 unspecified atom stereocenters. The lowest BCUT2D eigenvalue weighted by atomic mass is 10.1. The monoisotopic (exact) mass is 257 g/mol. The summed E-state index contributed by atoms with van der Waals surface area (Å²) in [7, 11) is 0. The van der Waals surface area contributed by atoms with Crippen LogP contribution in [0.15, 0.2) is 40.8 Å². The quantitative estimate of drug-likeness (QED) is 0.913. The third-order valence-electron chi connectivity index (χ3n) is 3.18. The first-order valence-electron chi connectivity index (χ1n) is 6.46. The maximum Gasteiger partial charge on any atom is 0.225 e. The number of hydrogen-bond acceptors (Lipinski definition) is 2. The Balaban J connectivity index is 1.96. The standard InChI is InChI=1S/C16H19NO2/c1-11-6-4-5-7-14(11)10-16(18)17-13(3)15-9-8-12(2)19-15/h4-9,13H,10H2,1-3H3,(H,17,18)/t13-/m1/s1. The van der Waals surface area contributed by atoms with Crippen molar-refractivity contribution in [3.63, 3.8) is 0 Å². The molecule has 0 bridgehead atoms. The van der Waals surface area contributed by atoms with Crippen LogP contribution in [0.5, 0.6) is 0 Å². The van der Waals surface area contributed by atoms with Crippen molar-refractivity contribution < 1.29 is 9.21 Å². The highest BCUT2D eigenvalue weighted by Crippen LogP contribution is 2.16. The first-order valence-corrected chi connectivity index (χ1v) is 6.46. The first kappa shape index (κ1) is 13.4. The van der Waals surface area contributed by atoms with Crippen molar-refractivity contribution in [3.8, 4) is 0 Å². The number of amides is 1. The molecule has 0 fully saturated rings. The van der Waals surface area contributed by atoms with Gasteiger partial charge in [0.1, 0.15) is 11.5 Å². The maximum absolute atomic E-state index is 12.0. The van der Waals surface area contributed by atoms with E-state index in [-0.39, 0.29) is 11.9 Å². The zero-order valence-corrected chi connectivity index (χ0v) is 11.6. The lowest BCUT2D eigenvalue weighted by Crippen LogP contribution is -2.28. The van der Waals surface area contributed by atoms with Gasteiger partial charge in [-0.3, -0.25) is 4.79 Å². The summed E-state index contributed by atoms with van der Waals surface area (Å²) < 4.78 is 5.51. The number of aryl methyl sites for hydroxylation is 2. The first-order chi connectivity index (χ1) is 9.06. The Hall–Kier alpha value is -2.03. The van der Waals surface area contributed by atoms with Crippen LogP contribution < -0.4 is 5.32 Å². The summed E-state index contributed by atoms with van der Waals surface area (Å²) in [5.41, 5.74) is 2.20. The van der Waals surface area contributed by atoms with Gasteiger partial charge in [0.25, 0.3) is 0 Å². The average Bonchev–Trinajstić information content (AvgIpc) is 2.79. The molecule has 3 heteroatoms. The maximum atomic E-state index is 12.0. The van der Waals surface area contributed by atoms with Crippen molar-refractivity contribution >= 4 is 5.91 Å². The second kappa shape index (κ2) is 5.74. The number of hydrogen-bond donors (Lipinski definition) is 1. The van der Waals surface area contributed by atoms with Crippen molar-refractivity contribution in [1.29, 1.82) is 0 Å². The second-order valence-electron chi connectivity index (χ2n) is 4.84. The SMILES string of the molecule is Cc1ccc([C@@H](C)NC(=O)Cc2ccccc2C)o1. The van der Waals surface area contributed by atoms with Crippen LogP contribution in [0.1, 0.15) is 35.6 Å². The molecule has 1 N–H and O–H groups in total. The van der Waals surface area contributed by atoms with Crippen molar-refractivity contribution in [2.75, 3.05) is 0 Å². The van der Waals surface area contributed by atoms with E-state index < -0.39 is 0 Å². The molecule has 1 amide bonds. The van der Waals surface area contributed by atoms with Gasteiger partial charge < -0.3 is 9.73 Å². The zero-order valence-electron chi connectivity index (χ0n) is 11.6. The molecule has 19 heavy (non-hydrogen) atoms. The molecule has 2 aromatic rings. The van der Waals surface area contributed by atoms with Gasteiger partial charge in [-0.05, 0) is 44.0 Å². The minimum Gasteiger partial charge on any atom is -0.464 e. The molecule has 0 radical (unpaired) electrons. The van der Waals surface area contributed by atoms with E-state index in [1.165, 1.54) is 0 Å². The number of furan rings is 1. The van der Waals surface area contributed by atoms with Gasteiger partial charge in [0.2, 0.25) is 5.91 Å². The van der Waals surface area contributed by atoms with Crippen LogP contribution in [0.2, 0.25) is 0 Å². The van der Waals surface area contributed by atoms with Crippen LogP contribution in [0.25, 0.3) is 0 Å². The molecule has 2 rings (SSSR count). The minimum absolute atomic E-state index is 0.0100. The molecule has 3 nitrogen and oxygen atoms in total. The molecule has 1 heterocycles. The molecular weight excluding hydrogens is 238 g/mol. The van der Waals surface area contributed by atoms with E-state index in [2.05, 4.69) is 5.32 Å². The predicted molar refractivity (Wildman–Crippen MR) is 74.9 cm³/mol. The highest BCUT2D eigenvalue weighted by atomic mass is 16.3. The fourth-order valence-corrected chi connectivity index (χ4v) is 2.03. The molecule has 0 aliphatic carbocycles. The molecule has 0 spiro atoms. The third kappa shape index (κ3) is 3.47. The van der Waals surface area contributed by atoms with E-state index in [1.54, 1.807) is 0 Å². The van der Waals surface area contributed by atoms with Crippen LogP contribution in [0.4, 0.5) is 0 Å². The summed E-state index contributed by atoms with van der Waals surface area (Å²) in [5, 5.41) is 2.95. The van der Waals surface area contributed by atoms with Crippen molar-refractivity contribution in [2.24, 2.45) is 0 Å². The van der Waals surface area contributed by atoms with Crippen LogP contribution in [0, 0.1) is 13.8 Å². The zero-order chi connectivity index (χ0) is 13.8. The van der Waals surface area contributed by atoms with Crippen molar-refractivity contribution in [3.05, 3.63) is 59.0 Å². The topological polar surface area (TPSA) is 42.2 Å². The Bertz CT molecular complexity index is 572. The van der Waals surface area contributed by atoms with Gasteiger partial charge in [-0.2, -0.15) is 0 Å². The molecular formula is C16H19NO2. The lowest BCUT2D eigenvalue weighted by Gasteiger charge is -2.12.